The molecule has 1 atom stereocenters. The van der Waals surface area contributed by atoms with Gasteiger partial charge in [-0.2, -0.15) is 0 Å². The van der Waals surface area contributed by atoms with Crippen LogP contribution in [0.4, 0.5) is 0 Å². The maximum atomic E-state index is 2.35. The van der Waals surface area contributed by atoms with Crippen LogP contribution in [0.5, 0.6) is 0 Å². The average molecular weight is 110 g/mol. The quantitative estimate of drug-likeness (QED) is 0.479. The van der Waals surface area contributed by atoms with Crippen molar-refractivity contribution in [3.05, 3.63) is 11.6 Å². The summed E-state index contributed by atoms with van der Waals surface area (Å²) in [5.74, 6) is 1.75. The summed E-state index contributed by atoms with van der Waals surface area (Å²) in [6, 6.07) is 0. The Labute approximate surface area is 51.6 Å². The van der Waals surface area contributed by atoms with E-state index in [1.807, 2.05) is 0 Å². The summed E-state index contributed by atoms with van der Waals surface area (Å²) in [6.07, 6.45) is 3.71. The smallest absolute Gasteiger partial charge is 0.00206 e. The van der Waals surface area contributed by atoms with Crippen molar-refractivity contribution in [1.29, 1.82) is 0 Å². The van der Waals surface area contributed by atoms with Crippen LogP contribution in [0.15, 0.2) is 11.6 Å². The highest BCUT2D eigenvalue weighted by molar-refractivity contribution is 5.26. The van der Waals surface area contributed by atoms with Gasteiger partial charge in [-0.1, -0.05) is 25.5 Å². The highest BCUT2D eigenvalue weighted by Gasteiger charge is 2.19. The van der Waals surface area contributed by atoms with E-state index >= 15 is 0 Å². The third kappa shape index (κ3) is 1.36. The van der Waals surface area contributed by atoms with Gasteiger partial charge < -0.3 is 0 Å². The molecule has 0 radical (unpaired) electrons. The van der Waals surface area contributed by atoms with Crippen molar-refractivity contribution in [3.8, 4) is 0 Å². The number of rotatable bonds is 2. The molecule has 0 aromatic rings. The molecule has 0 N–H and O–H groups in total. The summed E-state index contributed by atoms with van der Waals surface area (Å²) in [5, 5.41) is 0. The van der Waals surface area contributed by atoms with Crippen molar-refractivity contribution in [2.45, 2.75) is 27.2 Å². The third-order valence-electron chi connectivity index (χ3n) is 1.67. The Morgan fingerprint density at radius 1 is 1.62 bits per heavy atom. The molecule has 1 aliphatic carbocycles. The Hall–Kier alpha value is -0.260. The van der Waals surface area contributed by atoms with Crippen molar-refractivity contribution in [2.75, 3.05) is 0 Å². The predicted molar refractivity (Wildman–Crippen MR) is 36.7 cm³/mol. The van der Waals surface area contributed by atoms with Crippen LogP contribution in [-0.4, -0.2) is 0 Å². The summed E-state index contributed by atoms with van der Waals surface area (Å²) >= 11 is 0. The first kappa shape index (κ1) is 5.87. The molecule has 0 aliphatic heterocycles. The van der Waals surface area contributed by atoms with E-state index in [2.05, 4.69) is 26.8 Å². The Morgan fingerprint density at radius 2 is 2.12 bits per heavy atom. The van der Waals surface area contributed by atoms with Gasteiger partial charge in [-0.05, 0) is 25.2 Å². The fraction of sp³-hybridized carbons (Fsp3) is 0.750. The van der Waals surface area contributed by atoms with Crippen molar-refractivity contribution in [3.63, 3.8) is 0 Å². The van der Waals surface area contributed by atoms with E-state index in [4.69, 9.17) is 0 Å². The van der Waals surface area contributed by atoms with Crippen LogP contribution in [0.1, 0.15) is 27.2 Å². The van der Waals surface area contributed by atoms with Crippen LogP contribution < -0.4 is 0 Å². The lowest BCUT2D eigenvalue weighted by atomic mass is 10.1. The lowest BCUT2D eigenvalue weighted by Gasteiger charge is -2.00. The second-order valence-corrected chi connectivity index (χ2v) is 3.15. The van der Waals surface area contributed by atoms with Gasteiger partial charge in [0.15, 0.2) is 0 Å². The van der Waals surface area contributed by atoms with Crippen LogP contribution in [0.25, 0.3) is 0 Å². The maximum absolute atomic E-state index is 2.35. The van der Waals surface area contributed by atoms with E-state index in [9.17, 15) is 0 Å². The molecule has 8 heavy (non-hydrogen) atoms. The first-order valence-electron chi connectivity index (χ1n) is 3.38. The van der Waals surface area contributed by atoms with Gasteiger partial charge in [0.25, 0.3) is 0 Å². The Morgan fingerprint density at radius 3 is 2.25 bits per heavy atom. The van der Waals surface area contributed by atoms with Gasteiger partial charge in [0.05, 0.1) is 0 Å². The molecule has 0 aromatic heterocycles. The van der Waals surface area contributed by atoms with Gasteiger partial charge in [0.2, 0.25) is 0 Å². The Bertz CT molecular complexity index is 109. The number of hydrogen-bond acceptors (Lipinski definition) is 0. The van der Waals surface area contributed by atoms with Gasteiger partial charge >= 0.3 is 0 Å². The number of hydrogen-bond donors (Lipinski definition) is 0. The van der Waals surface area contributed by atoms with Gasteiger partial charge in [-0.15, -0.1) is 0 Å². The van der Waals surface area contributed by atoms with Crippen LogP contribution in [-0.2, 0) is 0 Å². The fourth-order valence-electron chi connectivity index (χ4n) is 1.03. The van der Waals surface area contributed by atoms with E-state index in [1.54, 1.807) is 5.57 Å². The molecule has 1 rings (SSSR count). The number of allylic oxidation sites excluding steroid dienone is 2. The lowest BCUT2D eigenvalue weighted by molar-refractivity contribution is 0.555. The van der Waals surface area contributed by atoms with Crippen molar-refractivity contribution in [1.82, 2.24) is 0 Å². The molecule has 0 amide bonds. The standard InChI is InChI=1S/C8H14/c1-6(2)4-8-5-7(8)3/h5-6,8H,4H2,1-3H3. The molecule has 0 saturated carbocycles. The molecule has 0 saturated heterocycles. The third-order valence-corrected chi connectivity index (χ3v) is 1.67. The lowest BCUT2D eigenvalue weighted by Crippen LogP contribution is -1.89. The molecule has 46 valence electrons. The van der Waals surface area contributed by atoms with Crippen LogP contribution >= 0.6 is 0 Å². The van der Waals surface area contributed by atoms with Crippen molar-refractivity contribution < 1.29 is 0 Å². The van der Waals surface area contributed by atoms with E-state index in [0.717, 1.165) is 11.8 Å². The summed E-state index contributed by atoms with van der Waals surface area (Å²) in [5.41, 5.74) is 1.60. The zero-order valence-electron chi connectivity index (χ0n) is 5.94. The summed E-state index contributed by atoms with van der Waals surface area (Å²) in [4.78, 5) is 0. The molecule has 0 spiro atoms. The van der Waals surface area contributed by atoms with Gasteiger partial charge in [-0.3, -0.25) is 0 Å². The molecule has 0 heteroatoms. The zero-order valence-corrected chi connectivity index (χ0v) is 5.94. The van der Waals surface area contributed by atoms with E-state index in [-0.39, 0.29) is 0 Å². The molecular formula is C8H14. The normalized spacial score (nSPS) is 26.0. The average Bonchev–Trinajstić information content (AvgIpc) is 2.17. The van der Waals surface area contributed by atoms with Crippen LogP contribution in [0.2, 0.25) is 0 Å². The fourth-order valence-corrected chi connectivity index (χ4v) is 1.03. The zero-order chi connectivity index (χ0) is 6.15. The maximum Gasteiger partial charge on any atom is -0.00206 e. The van der Waals surface area contributed by atoms with E-state index < -0.39 is 0 Å². The summed E-state index contributed by atoms with van der Waals surface area (Å²) in [6.45, 7) is 6.77. The minimum atomic E-state index is 0.869. The summed E-state index contributed by atoms with van der Waals surface area (Å²) < 4.78 is 0. The van der Waals surface area contributed by atoms with E-state index in [0.29, 0.717) is 0 Å². The SMILES string of the molecule is CC1=CC1CC(C)C. The molecule has 0 bridgehead atoms. The molecular weight excluding hydrogens is 96.1 g/mol. The minimum Gasteiger partial charge on any atom is -0.0778 e. The molecule has 0 heterocycles. The topological polar surface area (TPSA) is 0 Å². The highest BCUT2D eigenvalue weighted by Crippen LogP contribution is 2.33. The summed E-state index contributed by atoms with van der Waals surface area (Å²) in [7, 11) is 0. The largest absolute Gasteiger partial charge is 0.0778 e. The minimum absolute atomic E-state index is 0.869. The molecule has 0 fully saturated rings. The van der Waals surface area contributed by atoms with Crippen LogP contribution in [0.3, 0.4) is 0 Å². The molecule has 1 aliphatic rings. The van der Waals surface area contributed by atoms with Gasteiger partial charge in [-0.25, -0.2) is 0 Å². The molecule has 0 nitrogen and oxygen atoms in total. The van der Waals surface area contributed by atoms with Gasteiger partial charge in [0, 0.05) is 0 Å². The second kappa shape index (κ2) is 1.93. The predicted octanol–water partition coefficient (Wildman–Crippen LogP) is 2.61. The first-order valence-corrected chi connectivity index (χ1v) is 3.38. The Kier molecular flexibility index (Phi) is 1.41. The molecule has 1 unspecified atom stereocenters. The van der Waals surface area contributed by atoms with Crippen LogP contribution in [0, 0.1) is 11.8 Å². The van der Waals surface area contributed by atoms with E-state index in [1.165, 1.54) is 6.42 Å². The monoisotopic (exact) mass is 110 g/mol. The Balaban J connectivity index is 2.08. The molecule has 0 aromatic carbocycles. The first-order chi connectivity index (χ1) is 3.70. The second-order valence-electron chi connectivity index (χ2n) is 3.15. The highest BCUT2D eigenvalue weighted by atomic mass is 14.2. The van der Waals surface area contributed by atoms with Crippen molar-refractivity contribution in [2.24, 2.45) is 11.8 Å². The van der Waals surface area contributed by atoms with Crippen molar-refractivity contribution >= 4 is 0 Å². The van der Waals surface area contributed by atoms with Gasteiger partial charge in [0.1, 0.15) is 0 Å².